The van der Waals surface area contributed by atoms with Gasteiger partial charge in [0.1, 0.15) is 11.2 Å². The van der Waals surface area contributed by atoms with Crippen molar-refractivity contribution in [2.24, 2.45) is 0 Å². The van der Waals surface area contributed by atoms with Gasteiger partial charge in [-0.05, 0) is 42.8 Å². The van der Waals surface area contributed by atoms with E-state index in [9.17, 15) is 9.59 Å². The number of benzene rings is 1. The van der Waals surface area contributed by atoms with Gasteiger partial charge in [0.15, 0.2) is 0 Å². The van der Waals surface area contributed by atoms with E-state index >= 15 is 0 Å². The molecule has 0 saturated heterocycles. The van der Waals surface area contributed by atoms with Crippen LogP contribution >= 0.6 is 0 Å². The first kappa shape index (κ1) is 19.8. The molecule has 0 radical (unpaired) electrons. The Morgan fingerprint density at radius 3 is 2.54 bits per heavy atom. The lowest BCUT2D eigenvalue weighted by Crippen LogP contribution is -2.32. The molecule has 0 saturated carbocycles. The Morgan fingerprint density at radius 2 is 1.82 bits per heavy atom. The van der Waals surface area contributed by atoms with Crippen LogP contribution in [0.25, 0.3) is 5.65 Å². The number of fused-ring (bicyclic) bond motifs is 1. The molecule has 0 aliphatic heterocycles. The number of hydrogen-bond acceptors (Lipinski definition) is 4. The normalized spacial score (nSPS) is 11.1. The molecule has 0 fully saturated rings. The number of carbonyl (C=O) groups excluding carboxylic acids is 1. The second kappa shape index (κ2) is 8.80. The molecule has 0 atom stereocenters. The maximum absolute atomic E-state index is 12.7. The number of aromatic nitrogens is 2. The van der Waals surface area contributed by atoms with Crippen molar-refractivity contribution in [1.82, 2.24) is 19.6 Å². The van der Waals surface area contributed by atoms with E-state index in [-0.39, 0.29) is 11.1 Å². The molecule has 0 spiro atoms. The molecule has 2 heterocycles. The molecule has 28 heavy (non-hydrogen) atoms. The minimum atomic E-state index is -0.411. The lowest BCUT2D eigenvalue weighted by molar-refractivity contribution is 0.0948. The topological polar surface area (TPSA) is 66.7 Å². The fraction of sp³-hybridized carbons (Fsp3) is 0.318. The number of nitrogens with zero attached hydrogens (tertiary/aromatic N) is 3. The van der Waals surface area contributed by atoms with Gasteiger partial charge < -0.3 is 5.32 Å². The second-order valence-electron chi connectivity index (χ2n) is 6.82. The zero-order chi connectivity index (χ0) is 20.1. The molecule has 0 unspecified atom stereocenters. The molecule has 6 nitrogen and oxygen atoms in total. The zero-order valence-electron chi connectivity index (χ0n) is 16.6. The van der Waals surface area contributed by atoms with E-state index in [0.717, 1.165) is 30.8 Å². The Morgan fingerprint density at radius 1 is 1.11 bits per heavy atom. The van der Waals surface area contributed by atoms with E-state index < -0.39 is 5.91 Å². The van der Waals surface area contributed by atoms with Gasteiger partial charge in [-0.2, -0.15) is 0 Å². The SMILES string of the molecule is CCN(CC)Cc1ccccc1CNC(=O)c1cnc2ccc(C)cn2c1=O. The van der Waals surface area contributed by atoms with Crippen molar-refractivity contribution in [3.05, 3.63) is 81.4 Å². The summed E-state index contributed by atoms with van der Waals surface area (Å²) in [7, 11) is 0. The number of rotatable bonds is 7. The standard InChI is InChI=1S/C22H26N4O2/c1-4-25(5-2)15-18-9-7-6-8-17(18)12-24-21(27)19-13-23-20-11-10-16(3)14-26(20)22(19)28/h6-11,13-14H,4-5,12,15H2,1-3H3,(H,24,27). The summed E-state index contributed by atoms with van der Waals surface area (Å²) in [6.07, 6.45) is 3.05. The monoisotopic (exact) mass is 378 g/mol. The molecule has 2 aromatic heterocycles. The largest absolute Gasteiger partial charge is 0.348 e. The predicted molar refractivity (Wildman–Crippen MR) is 110 cm³/mol. The maximum atomic E-state index is 12.7. The van der Waals surface area contributed by atoms with Crippen molar-refractivity contribution in [2.45, 2.75) is 33.9 Å². The number of nitrogens with one attached hydrogen (secondary N) is 1. The van der Waals surface area contributed by atoms with Gasteiger partial charge in [-0.3, -0.25) is 18.9 Å². The van der Waals surface area contributed by atoms with Crippen molar-refractivity contribution in [3.8, 4) is 0 Å². The van der Waals surface area contributed by atoms with Gasteiger partial charge in [-0.25, -0.2) is 4.98 Å². The van der Waals surface area contributed by atoms with Crippen molar-refractivity contribution in [1.29, 1.82) is 0 Å². The Balaban J connectivity index is 1.79. The van der Waals surface area contributed by atoms with Crippen LogP contribution in [0.4, 0.5) is 0 Å². The van der Waals surface area contributed by atoms with Crippen LogP contribution in [0.15, 0.2) is 53.6 Å². The van der Waals surface area contributed by atoms with Crippen LogP contribution in [0.3, 0.4) is 0 Å². The molecule has 0 bridgehead atoms. The van der Waals surface area contributed by atoms with Crippen LogP contribution in [-0.4, -0.2) is 33.3 Å². The van der Waals surface area contributed by atoms with Crippen molar-refractivity contribution >= 4 is 11.6 Å². The smallest absolute Gasteiger partial charge is 0.270 e. The molecular formula is C22H26N4O2. The lowest BCUT2D eigenvalue weighted by Gasteiger charge is -2.20. The first-order valence-electron chi connectivity index (χ1n) is 9.58. The number of amides is 1. The third-order valence-corrected chi connectivity index (χ3v) is 4.94. The van der Waals surface area contributed by atoms with Gasteiger partial charge in [0.05, 0.1) is 0 Å². The van der Waals surface area contributed by atoms with Crippen LogP contribution in [-0.2, 0) is 13.1 Å². The number of hydrogen-bond donors (Lipinski definition) is 1. The van der Waals surface area contributed by atoms with Gasteiger partial charge in [-0.15, -0.1) is 0 Å². The third kappa shape index (κ3) is 4.28. The number of carbonyl (C=O) groups is 1. The summed E-state index contributed by atoms with van der Waals surface area (Å²) < 4.78 is 1.42. The summed E-state index contributed by atoms with van der Waals surface area (Å²) in [5, 5.41) is 2.87. The second-order valence-corrected chi connectivity index (χ2v) is 6.82. The summed E-state index contributed by atoms with van der Waals surface area (Å²) in [6, 6.07) is 11.7. The average molecular weight is 378 g/mol. The van der Waals surface area contributed by atoms with Gasteiger partial charge in [-0.1, -0.05) is 44.2 Å². The Bertz CT molecular complexity index is 1040. The lowest BCUT2D eigenvalue weighted by atomic mass is 10.1. The fourth-order valence-electron chi connectivity index (χ4n) is 3.18. The van der Waals surface area contributed by atoms with E-state index in [1.165, 1.54) is 16.2 Å². The van der Waals surface area contributed by atoms with E-state index in [0.29, 0.717) is 12.2 Å². The summed E-state index contributed by atoms with van der Waals surface area (Å²) in [5.41, 5.74) is 3.37. The van der Waals surface area contributed by atoms with Gasteiger partial charge in [0.25, 0.3) is 11.5 Å². The van der Waals surface area contributed by atoms with Crippen LogP contribution in [0.1, 0.15) is 40.9 Å². The highest BCUT2D eigenvalue weighted by atomic mass is 16.2. The Kier molecular flexibility index (Phi) is 6.21. The highest BCUT2D eigenvalue weighted by molar-refractivity contribution is 5.93. The van der Waals surface area contributed by atoms with Crippen molar-refractivity contribution < 1.29 is 4.79 Å². The molecule has 0 aliphatic rings. The van der Waals surface area contributed by atoms with Gasteiger partial charge >= 0.3 is 0 Å². The summed E-state index contributed by atoms with van der Waals surface area (Å²) in [4.78, 5) is 31.9. The molecule has 3 aromatic rings. The molecular weight excluding hydrogens is 352 g/mol. The number of aryl methyl sites for hydroxylation is 1. The van der Waals surface area contributed by atoms with Gasteiger partial charge in [0.2, 0.25) is 0 Å². The van der Waals surface area contributed by atoms with Crippen LogP contribution in [0.5, 0.6) is 0 Å². The first-order valence-corrected chi connectivity index (χ1v) is 9.58. The van der Waals surface area contributed by atoms with Crippen LogP contribution < -0.4 is 10.9 Å². The van der Waals surface area contributed by atoms with Crippen LogP contribution in [0.2, 0.25) is 0 Å². The summed E-state index contributed by atoms with van der Waals surface area (Å²) in [5.74, 6) is -0.411. The molecule has 0 aliphatic carbocycles. The number of pyridine rings is 1. The third-order valence-electron chi connectivity index (χ3n) is 4.94. The first-order chi connectivity index (χ1) is 13.5. The molecule has 6 heteroatoms. The van der Waals surface area contributed by atoms with E-state index in [1.54, 1.807) is 12.3 Å². The Hall–Kier alpha value is -2.99. The summed E-state index contributed by atoms with van der Waals surface area (Å²) >= 11 is 0. The molecule has 1 amide bonds. The molecule has 1 N–H and O–H groups in total. The van der Waals surface area contributed by atoms with Crippen LogP contribution in [0, 0.1) is 6.92 Å². The predicted octanol–water partition coefficient (Wildman–Crippen LogP) is 2.77. The van der Waals surface area contributed by atoms with E-state index in [4.69, 9.17) is 0 Å². The summed E-state index contributed by atoms with van der Waals surface area (Å²) in [6.45, 7) is 9.30. The maximum Gasteiger partial charge on any atom is 0.270 e. The molecule has 146 valence electrons. The van der Waals surface area contributed by atoms with Crippen molar-refractivity contribution in [2.75, 3.05) is 13.1 Å². The highest BCUT2D eigenvalue weighted by Gasteiger charge is 2.14. The van der Waals surface area contributed by atoms with Crippen molar-refractivity contribution in [3.63, 3.8) is 0 Å². The minimum absolute atomic E-state index is 0.0457. The van der Waals surface area contributed by atoms with E-state index in [2.05, 4.69) is 35.1 Å². The minimum Gasteiger partial charge on any atom is -0.348 e. The Labute approximate surface area is 164 Å². The highest BCUT2D eigenvalue weighted by Crippen LogP contribution is 2.12. The molecule has 3 rings (SSSR count). The van der Waals surface area contributed by atoms with E-state index in [1.807, 2.05) is 31.2 Å². The quantitative estimate of drug-likeness (QED) is 0.687. The van der Waals surface area contributed by atoms with Gasteiger partial charge in [0, 0.05) is 25.5 Å². The average Bonchev–Trinajstić information content (AvgIpc) is 2.71. The fourth-order valence-corrected chi connectivity index (χ4v) is 3.18. The molecule has 1 aromatic carbocycles. The zero-order valence-corrected chi connectivity index (χ0v) is 16.6.